The molecule has 0 atom stereocenters. The molecule has 0 fully saturated rings. The lowest BCUT2D eigenvalue weighted by atomic mass is 10.1. The zero-order valence-corrected chi connectivity index (χ0v) is 12.2. The standard InChI is InChI=1S/C16H12F2N2O4/c17-16(18)24-13-8-6-12(7-9-13)19-15(21)10-5-11-3-1-2-4-14(11)20(22)23/h1-10,16H,(H,19,21)/b10-5+. The molecule has 0 aliphatic rings. The number of nitro benzene ring substituents is 1. The third-order valence-corrected chi connectivity index (χ3v) is 2.89. The number of benzene rings is 2. The van der Waals surface area contributed by atoms with Gasteiger partial charge in [-0.05, 0) is 36.4 Å². The van der Waals surface area contributed by atoms with E-state index in [1.807, 2.05) is 0 Å². The maximum atomic E-state index is 12.0. The van der Waals surface area contributed by atoms with Crippen molar-refractivity contribution in [2.24, 2.45) is 0 Å². The van der Waals surface area contributed by atoms with Gasteiger partial charge in [0, 0.05) is 17.8 Å². The summed E-state index contributed by atoms with van der Waals surface area (Å²) in [6.45, 7) is -2.92. The van der Waals surface area contributed by atoms with E-state index < -0.39 is 17.4 Å². The van der Waals surface area contributed by atoms with E-state index >= 15 is 0 Å². The number of nitro groups is 1. The molecule has 0 bridgehead atoms. The van der Waals surface area contributed by atoms with Gasteiger partial charge in [0.25, 0.3) is 5.69 Å². The van der Waals surface area contributed by atoms with Gasteiger partial charge >= 0.3 is 6.61 Å². The van der Waals surface area contributed by atoms with Crippen LogP contribution in [0.25, 0.3) is 6.08 Å². The molecule has 0 saturated carbocycles. The van der Waals surface area contributed by atoms with Gasteiger partial charge in [-0.3, -0.25) is 14.9 Å². The number of rotatable bonds is 6. The van der Waals surface area contributed by atoms with E-state index in [9.17, 15) is 23.7 Å². The average Bonchev–Trinajstić information content (AvgIpc) is 2.54. The Hall–Kier alpha value is -3.29. The molecular weight excluding hydrogens is 322 g/mol. The van der Waals surface area contributed by atoms with Gasteiger partial charge in [-0.15, -0.1) is 0 Å². The van der Waals surface area contributed by atoms with Crippen molar-refractivity contribution < 1.29 is 23.2 Å². The monoisotopic (exact) mass is 334 g/mol. The second-order valence-electron chi connectivity index (χ2n) is 4.54. The number of carbonyl (C=O) groups is 1. The number of hydrogen-bond donors (Lipinski definition) is 1. The molecule has 1 N–H and O–H groups in total. The van der Waals surface area contributed by atoms with Crippen LogP contribution in [-0.4, -0.2) is 17.4 Å². The van der Waals surface area contributed by atoms with Crippen LogP contribution in [0.15, 0.2) is 54.6 Å². The number of anilines is 1. The van der Waals surface area contributed by atoms with E-state index in [0.717, 1.165) is 6.08 Å². The Morgan fingerprint density at radius 1 is 1.17 bits per heavy atom. The molecule has 1 amide bonds. The summed E-state index contributed by atoms with van der Waals surface area (Å²) >= 11 is 0. The van der Waals surface area contributed by atoms with E-state index in [-0.39, 0.29) is 11.4 Å². The number of nitrogens with one attached hydrogen (secondary N) is 1. The quantitative estimate of drug-likeness (QED) is 0.494. The van der Waals surface area contributed by atoms with E-state index in [4.69, 9.17) is 0 Å². The molecule has 0 saturated heterocycles. The minimum absolute atomic E-state index is 0.0292. The number of halogens is 2. The van der Waals surface area contributed by atoms with E-state index in [0.29, 0.717) is 11.3 Å². The molecule has 24 heavy (non-hydrogen) atoms. The largest absolute Gasteiger partial charge is 0.435 e. The molecule has 0 aliphatic heterocycles. The van der Waals surface area contributed by atoms with Crippen molar-refractivity contribution in [3.05, 3.63) is 70.3 Å². The fourth-order valence-corrected chi connectivity index (χ4v) is 1.86. The van der Waals surface area contributed by atoms with Gasteiger partial charge in [-0.1, -0.05) is 12.1 Å². The first-order valence-electron chi connectivity index (χ1n) is 6.73. The lowest BCUT2D eigenvalue weighted by Gasteiger charge is -2.06. The SMILES string of the molecule is O=C(/C=C/c1ccccc1[N+](=O)[O-])Nc1ccc(OC(F)F)cc1. The summed E-state index contributed by atoms with van der Waals surface area (Å²) < 4.78 is 28.3. The first-order valence-corrected chi connectivity index (χ1v) is 6.73. The van der Waals surface area contributed by atoms with Crippen molar-refractivity contribution >= 4 is 23.4 Å². The summed E-state index contributed by atoms with van der Waals surface area (Å²) in [4.78, 5) is 22.1. The summed E-state index contributed by atoms with van der Waals surface area (Å²) in [5.41, 5.74) is 0.544. The first kappa shape index (κ1) is 17.1. The zero-order valence-electron chi connectivity index (χ0n) is 12.2. The van der Waals surface area contributed by atoms with Crippen LogP contribution in [0.3, 0.4) is 0 Å². The van der Waals surface area contributed by atoms with Crippen LogP contribution in [0.1, 0.15) is 5.56 Å². The van der Waals surface area contributed by atoms with Crippen molar-refractivity contribution in [2.45, 2.75) is 6.61 Å². The van der Waals surface area contributed by atoms with Gasteiger partial charge in [0.15, 0.2) is 0 Å². The van der Waals surface area contributed by atoms with Crippen molar-refractivity contribution in [3.8, 4) is 5.75 Å². The number of nitrogens with zero attached hydrogens (tertiary/aromatic N) is 1. The van der Waals surface area contributed by atoms with Crippen LogP contribution >= 0.6 is 0 Å². The molecule has 0 radical (unpaired) electrons. The van der Waals surface area contributed by atoms with Crippen LogP contribution in [0.2, 0.25) is 0 Å². The molecule has 0 aliphatic carbocycles. The van der Waals surface area contributed by atoms with Crippen molar-refractivity contribution in [2.75, 3.05) is 5.32 Å². The Balaban J connectivity index is 2.02. The van der Waals surface area contributed by atoms with Crippen LogP contribution in [0.5, 0.6) is 5.75 Å². The van der Waals surface area contributed by atoms with E-state index in [2.05, 4.69) is 10.1 Å². The second kappa shape index (κ2) is 7.82. The van der Waals surface area contributed by atoms with Crippen LogP contribution < -0.4 is 10.1 Å². The minimum atomic E-state index is -2.92. The van der Waals surface area contributed by atoms with Crippen LogP contribution in [0.4, 0.5) is 20.2 Å². The Bertz CT molecular complexity index is 761. The molecule has 0 spiro atoms. The van der Waals surface area contributed by atoms with Gasteiger partial charge in [0.2, 0.25) is 5.91 Å². The fourth-order valence-electron chi connectivity index (χ4n) is 1.86. The smallest absolute Gasteiger partial charge is 0.387 e. The Morgan fingerprint density at radius 2 is 1.83 bits per heavy atom. The summed E-state index contributed by atoms with van der Waals surface area (Å²) in [5.74, 6) is -0.547. The fraction of sp³-hybridized carbons (Fsp3) is 0.0625. The third kappa shape index (κ3) is 4.87. The van der Waals surface area contributed by atoms with Crippen LogP contribution in [0, 0.1) is 10.1 Å². The third-order valence-electron chi connectivity index (χ3n) is 2.89. The molecule has 2 aromatic rings. The highest BCUT2D eigenvalue weighted by Gasteiger charge is 2.10. The van der Waals surface area contributed by atoms with Crippen LogP contribution in [-0.2, 0) is 4.79 Å². The molecule has 124 valence electrons. The van der Waals surface area contributed by atoms with Gasteiger partial charge in [-0.25, -0.2) is 0 Å². The highest BCUT2D eigenvalue weighted by molar-refractivity contribution is 6.02. The van der Waals surface area contributed by atoms with Crippen molar-refractivity contribution in [1.29, 1.82) is 0 Å². The molecule has 2 rings (SSSR count). The second-order valence-corrected chi connectivity index (χ2v) is 4.54. The molecule has 6 nitrogen and oxygen atoms in total. The molecular formula is C16H12F2N2O4. The molecule has 8 heteroatoms. The van der Waals surface area contributed by atoms with Gasteiger partial charge in [0.1, 0.15) is 5.75 Å². The number of carbonyl (C=O) groups excluding carboxylic acids is 1. The van der Waals surface area contributed by atoms with E-state index in [1.165, 1.54) is 48.5 Å². The van der Waals surface area contributed by atoms with E-state index in [1.54, 1.807) is 6.07 Å². The first-order chi connectivity index (χ1) is 11.5. The van der Waals surface area contributed by atoms with Crippen molar-refractivity contribution in [3.63, 3.8) is 0 Å². The Kier molecular flexibility index (Phi) is 5.56. The van der Waals surface area contributed by atoms with Gasteiger partial charge < -0.3 is 10.1 Å². The number of ether oxygens (including phenoxy) is 1. The molecule has 0 unspecified atom stereocenters. The zero-order chi connectivity index (χ0) is 17.5. The lowest BCUT2D eigenvalue weighted by Crippen LogP contribution is -2.08. The molecule has 2 aromatic carbocycles. The average molecular weight is 334 g/mol. The van der Waals surface area contributed by atoms with Gasteiger partial charge in [-0.2, -0.15) is 8.78 Å². The number of amides is 1. The topological polar surface area (TPSA) is 81.5 Å². The summed E-state index contributed by atoms with van der Waals surface area (Å²) in [6, 6.07) is 11.4. The lowest BCUT2D eigenvalue weighted by molar-refractivity contribution is -0.385. The minimum Gasteiger partial charge on any atom is -0.435 e. The maximum absolute atomic E-state index is 12.0. The summed E-state index contributed by atoms with van der Waals surface area (Å²) in [5, 5.41) is 13.4. The van der Waals surface area contributed by atoms with Gasteiger partial charge in [0.05, 0.1) is 10.5 Å². The molecule has 0 aromatic heterocycles. The summed E-state index contributed by atoms with van der Waals surface area (Å²) in [6.07, 6.45) is 2.47. The highest BCUT2D eigenvalue weighted by atomic mass is 19.3. The highest BCUT2D eigenvalue weighted by Crippen LogP contribution is 2.20. The predicted octanol–water partition coefficient (Wildman–Crippen LogP) is 3.85. The van der Waals surface area contributed by atoms with Crippen molar-refractivity contribution in [1.82, 2.24) is 0 Å². The normalized spacial score (nSPS) is 10.8. The number of para-hydroxylation sites is 1. The predicted molar refractivity (Wildman–Crippen MR) is 83.8 cm³/mol. The Labute approximate surface area is 135 Å². The molecule has 0 heterocycles. The summed E-state index contributed by atoms with van der Waals surface area (Å²) in [7, 11) is 0. The number of hydrogen-bond acceptors (Lipinski definition) is 4. The maximum Gasteiger partial charge on any atom is 0.387 e. The Morgan fingerprint density at radius 3 is 2.46 bits per heavy atom. The number of alkyl halides is 2.